The van der Waals surface area contributed by atoms with E-state index in [9.17, 15) is 4.79 Å². The van der Waals surface area contributed by atoms with Crippen LogP contribution in [0.3, 0.4) is 0 Å². The molecule has 0 fully saturated rings. The molecule has 0 amide bonds. The molecule has 1 aromatic carbocycles. The SMILES string of the molecule is COc1ccc(COC(=O)c2nc(NCCCc3c(Cl)nnc(Cl)c3C)ccc2Br)cc1. The lowest BCUT2D eigenvalue weighted by molar-refractivity contribution is 0.0464. The Labute approximate surface area is 204 Å². The van der Waals surface area contributed by atoms with E-state index in [1.807, 2.05) is 31.2 Å². The van der Waals surface area contributed by atoms with Crippen LogP contribution >= 0.6 is 39.1 Å². The first-order chi connectivity index (χ1) is 15.4. The van der Waals surface area contributed by atoms with E-state index in [0.29, 0.717) is 33.6 Å². The molecule has 168 valence electrons. The van der Waals surface area contributed by atoms with Crippen molar-refractivity contribution in [2.75, 3.05) is 19.0 Å². The number of carbonyl (C=O) groups excluding carboxylic acids is 1. The van der Waals surface area contributed by atoms with Gasteiger partial charge in [-0.2, -0.15) is 0 Å². The molecule has 0 aliphatic carbocycles. The molecule has 0 saturated heterocycles. The summed E-state index contributed by atoms with van der Waals surface area (Å²) in [5.41, 5.74) is 2.76. The Bertz CT molecular complexity index is 1100. The van der Waals surface area contributed by atoms with Crippen LogP contribution in [0.5, 0.6) is 5.75 Å². The summed E-state index contributed by atoms with van der Waals surface area (Å²) in [7, 11) is 1.60. The predicted molar refractivity (Wildman–Crippen MR) is 128 cm³/mol. The van der Waals surface area contributed by atoms with Crippen molar-refractivity contribution < 1.29 is 14.3 Å². The maximum absolute atomic E-state index is 12.5. The molecule has 0 atom stereocenters. The van der Waals surface area contributed by atoms with Crippen molar-refractivity contribution in [3.63, 3.8) is 0 Å². The fraction of sp³-hybridized carbons (Fsp3) is 0.273. The summed E-state index contributed by atoms with van der Waals surface area (Å²) in [4.78, 5) is 16.9. The zero-order valence-electron chi connectivity index (χ0n) is 17.5. The van der Waals surface area contributed by atoms with E-state index in [1.54, 1.807) is 19.2 Å². The second kappa shape index (κ2) is 11.4. The molecule has 0 aliphatic rings. The average molecular weight is 540 g/mol. The van der Waals surface area contributed by atoms with Gasteiger partial charge in [-0.15, -0.1) is 10.2 Å². The number of pyridine rings is 1. The highest BCUT2D eigenvalue weighted by Gasteiger charge is 2.15. The highest BCUT2D eigenvalue weighted by Crippen LogP contribution is 2.23. The standard InChI is InChI=1S/C22H21BrCl2N4O3/c1-13-16(21(25)29-28-20(13)24)4-3-11-26-18-10-9-17(23)19(27-18)22(30)32-12-14-5-7-15(31-2)8-6-14/h5-10H,3-4,11-12H2,1-2H3,(H,26,27). The van der Waals surface area contributed by atoms with Gasteiger partial charge >= 0.3 is 5.97 Å². The highest BCUT2D eigenvalue weighted by molar-refractivity contribution is 9.10. The summed E-state index contributed by atoms with van der Waals surface area (Å²) in [5.74, 6) is 0.790. The van der Waals surface area contributed by atoms with E-state index in [-0.39, 0.29) is 12.3 Å². The third-order valence-electron chi connectivity index (χ3n) is 4.71. The maximum atomic E-state index is 12.5. The zero-order chi connectivity index (χ0) is 23.1. The van der Waals surface area contributed by atoms with Gasteiger partial charge in [0.25, 0.3) is 0 Å². The molecule has 2 aromatic heterocycles. The number of aromatic nitrogens is 3. The van der Waals surface area contributed by atoms with Crippen LogP contribution in [-0.4, -0.2) is 34.8 Å². The number of hydrogen-bond donors (Lipinski definition) is 1. The first kappa shape index (κ1) is 24.2. The summed E-state index contributed by atoms with van der Waals surface area (Å²) in [6, 6.07) is 10.8. The summed E-state index contributed by atoms with van der Waals surface area (Å²) >= 11 is 15.5. The average Bonchev–Trinajstić information content (AvgIpc) is 2.80. The molecule has 10 heteroatoms. The number of benzene rings is 1. The molecule has 7 nitrogen and oxygen atoms in total. The smallest absolute Gasteiger partial charge is 0.358 e. The Morgan fingerprint density at radius 2 is 1.81 bits per heavy atom. The third kappa shape index (κ3) is 6.31. The van der Waals surface area contributed by atoms with Gasteiger partial charge in [0, 0.05) is 6.54 Å². The van der Waals surface area contributed by atoms with Crippen LogP contribution in [0.25, 0.3) is 0 Å². The minimum absolute atomic E-state index is 0.136. The molecule has 2 heterocycles. The van der Waals surface area contributed by atoms with Crippen LogP contribution in [0.2, 0.25) is 10.3 Å². The maximum Gasteiger partial charge on any atom is 0.358 e. The highest BCUT2D eigenvalue weighted by atomic mass is 79.9. The molecule has 0 radical (unpaired) electrons. The zero-order valence-corrected chi connectivity index (χ0v) is 20.6. The normalized spacial score (nSPS) is 10.7. The molecular formula is C22H21BrCl2N4O3. The number of ether oxygens (including phenoxy) is 2. The van der Waals surface area contributed by atoms with Crippen molar-refractivity contribution >= 4 is 50.9 Å². The van der Waals surface area contributed by atoms with Crippen molar-refractivity contribution in [2.45, 2.75) is 26.4 Å². The Morgan fingerprint density at radius 3 is 2.53 bits per heavy atom. The number of rotatable bonds is 9. The third-order valence-corrected chi connectivity index (χ3v) is 6.02. The summed E-state index contributed by atoms with van der Waals surface area (Å²) in [6.45, 7) is 2.62. The molecule has 0 bridgehead atoms. The molecule has 0 unspecified atom stereocenters. The minimum atomic E-state index is -0.517. The number of nitrogens with one attached hydrogen (secondary N) is 1. The Balaban J connectivity index is 1.55. The molecule has 0 aliphatic heterocycles. The Morgan fingerprint density at radius 1 is 1.09 bits per heavy atom. The molecule has 0 saturated carbocycles. The predicted octanol–water partition coefficient (Wildman–Crippen LogP) is 5.66. The van der Waals surface area contributed by atoms with Gasteiger partial charge in [0.15, 0.2) is 16.0 Å². The van der Waals surface area contributed by atoms with E-state index in [4.69, 9.17) is 32.7 Å². The van der Waals surface area contributed by atoms with Crippen molar-refractivity contribution in [2.24, 2.45) is 0 Å². The largest absolute Gasteiger partial charge is 0.497 e. The van der Waals surface area contributed by atoms with E-state index in [1.165, 1.54) is 0 Å². The number of nitrogens with zero attached hydrogens (tertiary/aromatic N) is 3. The van der Waals surface area contributed by atoms with Crippen molar-refractivity contribution in [3.05, 3.63) is 73.6 Å². The number of carbonyl (C=O) groups is 1. The van der Waals surface area contributed by atoms with Crippen LogP contribution in [0.15, 0.2) is 40.9 Å². The van der Waals surface area contributed by atoms with Gasteiger partial charge in [-0.3, -0.25) is 0 Å². The fourth-order valence-electron chi connectivity index (χ4n) is 2.90. The molecule has 3 aromatic rings. The molecule has 1 N–H and O–H groups in total. The van der Waals surface area contributed by atoms with Crippen molar-refractivity contribution in [3.8, 4) is 5.75 Å². The van der Waals surface area contributed by atoms with E-state index in [2.05, 4.69) is 36.4 Å². The van der Waals surface area contributed by atoms with Crippen LogP contribution in [0, 0.1) is 6.92 Å². The van der Waals surface area contributed by atoms with Gasteiger partial charge in [0.1, 0.15) is 18.2 Å². The van der Waals surface area contributed by atoms with E-state index < -0.39 is 5.97 Å². The van der Waals surface area contributed by atoms with Crippen LogP contribution < -0.4 is 10.1 Å². The van der Waals surface area contributed by atoms with Gasteiger partial charge < -0.3 is 14.8 Å². The fourth-order valence-corrected chi connectivity index (χ4v) is 3.71. The summed E-state index contributed by atoms with van der Waals surface area (Å²) < 4.78 is 11.1. The van der Waals surface area contributed by atoms with E-state index >= 15 is 0 Å². The number of methoxy groups -OCH3 is 1. The van der Waals surface area contributed by atoms with Gasteiger partial charge in [0.2, 0.25) is 0 Å². The molecule has 3 rings (SSSR count). The number of halogens is 3. The van der Waals surface area contributed by atoms with Gasteiger partial charge in [-0.25, -0.2) is 9.78 Å². The van der Waals surface area contributed by atoms with Crippen LogP contribution in [-0.2, 0) is 17.8 Å². The second-order valence-corrected chi connectivity index (χ2v) is 8.44. The first-order valence-electron chi connectivity index (χ1n) is 9.76. The van der Waals surface area contributed by atoms with Crippen LogP contribution in [0.1, 0.15) is 33.6 Å². The van der Waals surface area contributed by atoms with Gasteiger partial charge in [0.05, 0.1) is 11.6 Å². The lowest BCUT2D eigenvalue weighted by Crippen LogP contribution is -2.11. The van der Waals surface area contributed by atoms with Gasteiger partial charge in [-0.05, 0) is 76.7 Å². The molecule has 32 heavy (non-hydrogen) atoms. The monoisotopic (exact) mass is 538 g/mol. The van der Waals surface area contributed by atoms with E-state index in [0.717, 1.165) is 28.9 Å². The molecule has 0 spiro atoms. The van der Waals surface area contributed by atoms with Crippen molar-refractivity contribution in [1.82, 2.24) is 15.2 Å². The first-order valence-corrected chi connectivity index (χ1v) is 11.3. The summed E-state index contributed by atoms with van der Waals surface area (Å²) in [6.07, 6.45) is 1.44. The lowest BCUT2D eigenvalue weighted by atomic mass is 10.1. The molecular weight excluding hydrogens is 519 g/mol. The lowest BCUT2D eigenvalue weighted by Gasteiger charge is -2.11. The summed E-state index contributed by atoms with van der Waals surface area (Å²) in [5, 5.41) is 11.6. The van der Waals surface area contributed by atoms with Crippen molar-refractivity contribution in [1.29, 1.82) is 0 Å². The number of anilines is 1. The second-order valence-electron chi connectivity index (χ2n) is 6.87. The quantitative estimate of drug-likeness (QED) is 0.277. The van der Waals surface area contributed by atoms with Gasteiger partial charge in [-0.1, -0.05) is 35.3 Å². The number of esters is 1. The number of hydrogen-bond acceptors (Lipinski definition) is 7. The Hall–Kier alpha value is -2.42. The van der Waals surface area contributed by atoms with Crippen LogP contribution in [0.4, 0.5) is 5.82 Å². The minimum Gasteiger partial charge on any atom is -0.497 e. The topological polar surface area (TPSA) is 86.2 Å². The Kier molecular flexibility index (Phi) is 8.67.